The van der Waals surface area contributed by atoms with E-state index in [0.717, 1.165) is 16.9 Å². The van der Waals surface area contributed by atoms with Gasteiger partial charge in [0.2, 0.25) is 0 Å². The Bertz CT molecular complexity index is 725. The molecule has 5 heteroatoms. The van der Waals surface area contributed by atoms with Gasteiger partial charge in [-0.2, -0.15) is 0 Å². The molecule has 0 aliphatic carbocycles. The van der Waals surface area contributed by atoms with Crippen LogP contribution in [0.25, 0.3) is 0 Å². The van der Waals surface area contributed by atoms with Crippen LogP contribution in [-0.2, 0) is 5.75 Å². The largest absolute Gasteiger partial charge is 0.497 e. The number of ketones is 1. The molecule has 1 heterocycles. The van der Waals surface area contributed by atoms with Gasteiger partial charge >= 0.3 is 0 Å². The van der Waals surface area contributed by atoms with Crippen molar-refractivity contribution in [2.75, 3.05) is 21.3 Å². The second-order valence-corrected chi connectivity index (χ2v) is 6.25. The number of thioether (sulfide) groups is 1. The normalized spacial score (nSPS) is 16.7. The average molecular weight is 330 g/mol. The maximum Gasteiger partial charge on any atom is 0.180 e. The first-order valence-electron chi connectivity index (χ1n) is 7.23. The van der Waals surface area contributed by atoms with Gasteiger partial charge in [0.15, 0.2) is 17.3 Å². The SMILES string of the molecule is COc1ccc(C2SCc3c(ccc(OC)c3OC)C2=O)cc1. The zero-order valence-electron chi connectivity index (χ0n) is 13.3. The minimum absolute atomic E-state index is 0.0994. The lowest BCUT2D eigenvalue weighted by atomic mass is 9.97. The van der Waals surface area contributed by atoms with Crippen LogP contribution in [0.5, 0.6) is 17.2 Å². The number of hydrogen-bond acceptors (Lipinski definition) is 5. The number of carbonyl (C=O) groups is 1. The van der Waals surface area contributed by atoms with Gasteiger partial charge in [-0.3, -0.25) is 4.79 Å². The van der Waals surface area contributed by atoms with E-state index in [1.165, 1.54) is 0 Å². The van der Waals surface area contributed by atoms with Gasteiger partial charge in [0.05, 0.1) is 26.6 Å². The molecule has 1 aliphatic rings. The number of rotatable bonds is 4. The van der Waals surface area contributed by atoms with Gasteiger partial charge in [-0.25, -0.2) is 0 Å². The van der Waals surface area contributed by atoms with Crippen molar-refractivity contribution in [2.24, 2.45) is 0 Å². The summed E-state index contributed by atoms with van der Waals surface area (Å²) in [7, 11) is 4.83. The molecule has 2 aromatic rings. The van der Waals surface area contributed by atoms with E-state index in [1.54, 1.807) is 39.2 Å². The van der Waals surface area contributed by atoms with Crippen LogP contribution in [0.4, 0.5) is 0 Å². The van der Waals surface area contributed by atoms with Crippen LogP contribution in [0.15, 0.2) is 36.4 Å². The van der Waals surface area contributed by atoms with E-state index in [1.807, 2.05) is 30.3 Å². The molecule has 0 amide bonds. The molecule has 23 heavy (non-hydrogen) atoms. The van der Waals surface area contributed by atoms with Gasteiger partial charge in [0.25, 0.3) is 0 Å². The summed E-state index contributed by atoms with van der Waals surface area (Å²) >= 11 is 1.60. The van der Waals surface area contributed by atoms with Crippen molar-refractivity contribution < 1.29 is 19.0 Å². The average Bonchev–Trinajstić information content (AvgIpc) is 2.61. The first kappa shape index (κ1) is 15.7. The molecule has 120 valence electrons. The number of fused-ring (bicyclic) bond motifs is 1. The molecule has 1 aliphatic heterocycles. The summed E-state index contributed by atoms with van der Waals surface area (Å²) in [6.45, 7) is 0. The second-order valence-electron chi connectivity index (χ2n) is 5.16. The monoisotopic (exact) mass is 330 g/mol. The van der Waals surface area contributed by atoms with Crippen molar-refractivity contribution in [1.82, 2.24) is 0 Å². The topological polar surface area (TPSA) is 44.8 Å². The Balaban J connectivity index is 1.97. The van der Waals surface area contributed by atoms with Crippen molar-refractivity contribution >= 4 is 17.5 Å². The van der Waals surface area contributed by atoms with Crippen molar-refractivity contribution in [2.45, 2.75) is 11.0 Å². The lowest BCUT2D eigenvalue weighted by Crippen LogP contribution is -2.18. The van der Waals surface area contributed by atoms with Crippen LogP contribution >= 0.6 is 11.8 Å². The Morgan fingerprint density at radius 3 is 2.30 bits per heavy atom. The van der Waals surface area contributed by atoms with E-state index in [-0.39, 0.29) is 11.0 Å². The van der Waals surface area contributed by atoms with Crippen LogP contribution in [0.3, 0.4) is 0 Å². The van der Waals surface area contributed by atoms with E-state index in [9.17, 15) is 4.79 Å². The number of hydrogen-bond donors (Lipinski definition) is 0. The van der Waals surface area contributed by atoms with Gasteiger partial charge in [-0.1, -0.05) is 12.1 Å². The Kier molecular flexibility index (Phi) is 4.48. The molecule has 0 fully saturated rings. The molecule has 0 spiro atoms. The van der Waals surface area contributed by atoms with E-state index in [4.69, 9.17) is 14.2 Å². The van der Waals surface area contributed by atoms with Gasteiger partial charge < -0.3 is 14.2 Å². The van der Waals surface area contributed by atoms with Crippen LogP contribution in [0.2, 0.25) is 0 Å². The summed E-state index contributed by atoms with van der Waals surface area (Å²) in [5.74, 6) is 2.90. The van der Waals surface area contributed by atoms with Gasteiger partial charge in [-0.15, -0.1) is 11.8 Å². The minimum atomic E-state index is -0.202. The highest BCUT2D eigenvalue weighted by molar-refractivity contribution is 7.99. The van der Waals surface area contributed by atoms with Crippen molar-refractivity contribution in [1.29, 1.82) is 0 Å². The highest BCUT2D eigenvalue weighted by Gasteiger charge is 2.32. The molecule has 3 rings (SSSR count). The Morgan fingerprint density at radius 2 is 1.70 bits per heavy atom. The van der Waals surface area contributed by atoms with Crippen molar-refractivity contribution in [3.8, 4) is 17.2 Å². The number of carbonyl (C=O) groups excluding carboxylic acids is 1. The molecule has 0 aromatic heterocycles. The highest BCUT2D eigenvalue weighted by atomic mass is 32.2. The molecule has 1 atom stereocenters. The highest BCUT2D eigenvalue weighted by Crippen LogP contribution is 2.46. The molecular weight excluding hydrogens is 312 g/mol. The summed E-state index contributed by atoms with van der Waals surface area (Å²) in [6, 6.07) is 11.3. The minimum Gasteiger partial charge on any atom is -0.497 e. The van der Waals surface area contributed by atoms with Crippen LogP contribution in [-0.4, -0.2) is 27.1 Å². The lowest BCUT2D eigenvalue weighted by molar-refractivity contribution is 0.0986. The van der Waals surface area contributed by atoms with E-state index in [2.05, 4.69) is 0 Å². The molecule has 0 bridgehead atoms. The zero-order chi connectivity index (χ0) is 16.4. The van der Waals surface area contributed by atoms with Crippen molar-refractivity contribution in [3.05, 3.63) is 53.1 Å². The van der Waals surface area contributed by atoms with E-state index in [0.29, 0.717) is 22.8 Å². The third-order valence-electron chi connectivity index (χ3n) is 3.96. The van der Waals surface area contributed by atoms with E-state index >= 15 is 0 Å². The summed E-state index contributed by atoms with van der Waals surface area (Å²) in [4.78, 5) is 12.9. The zero-order valence-corrected chi connectivity index (χ0v) is 14.1. The lowest BCUT2D eigenvalue weighted by Gasteiger charge is -2.25. The molecule has 2 aromatic carbocycles. The van der Waals surface area contributed by atoms with Crippen LogP contribution in [0.1, 0.15) is 26.7 Å². The number of ether oxygens (including phenoxy) is 3. The maximum atomic E-state index is 12.9. The fourth-order valence-electron chi connectivity index (χ4n) is 2.77. The molecule has 0 N–H and O–H groups in total. The van der Waals surface area contributed by atoms with Crippen LogP contribution < -0.4 is 14.2 Å². The fraction of sp³-hybridized carbons (Fsp3) is 0.278. The summed E-state index contributed by atoms with van der Waals surface area (Å²) < 4.78 is 15.9. The predicted octanol–water partition coefficient (Wildman–Crippen LogP) is 3.88. The Morgan fingerprint density at radius 1 is 0.957 bits per heavy atom. The molecule has 0 saturated heterocycles. The smallest absolute Gasteiger partial charge is 0.180 e. The summed E-state index contributed by atoms with van der Waals surface area (Å²) in [5.41, 5.74) is 2.61. The molecule has 0 radical (unpaired) electrons. The molecule has 0 saturated carbocycles. The maximum absolute atomic E-state index is 12.9. The van der Waals surface area contributed by atoms with Crippen molar-refractivity contribution in [3.63, 3.8) is 0 Å². The van der Waals surface area contributed by atoms with Crippen LogP contribution in [0, 0.1) is 0 Å². The van der Waals surface area contributed by atoms with E-state index < -0.39 is 0 Å². The fourth-order valence-corrected chi connectivity index (χ4v) is 4.02. The summed E-state index contributed by atoms with van der Waals surface area (Å²) in [5, 5.41) is -0.202. The standard InChI is InChI=1S/C18H18O4S/c1-20-12-6-4-11(5-7-12)18-16(19)13-8-9-15(21-2)17(22-3)14(13)10-23-18/h4-9,18H,10H2,1-3H3. The van der Waals surface area contributed by atoms with Gasteiger partial charge in [0.1, 0.15) is 5.75 Å². The quantitative estimate of drug-likeness (QED) is 0.851. The first-order chi connectivity index (χ1) is 11.2. The first-order valence-corrected chi connectivity index (χ1v) is 8.28. The number of benzene rings is 2. The third-order valence-corrected chi connectivity index (χ3v) is 5.24. The van der Waals surface area contributed by atoms with Gasteiger partial charge in [0, 0.05) is 16.9 Å². The number of methoxy groups -OCH3 is 3. The molecule has 1 unspecified atom stereocenters. The molecule has 4 nitrogen and oxygen atoms in total. The summed E-state index contributed by atoms with van der Waals surface area (Å²) in [6.07, 6.45) is 0. The second kappa shape index (κ2) is 6.54. The number of Topliss-reactive ketones (excluding diaryl/α,β-unsaturated/α-hetero) is 1. The van der Waals surface area contributed by atoms with Gasteiger partial charge in [-0.05, 0) is 29.8 Å². The Labute approximate surface area is 139 Å². The predicted molar refractivity (Wildman–Crippen MR) is 90.9 cm³/mol. The molecular formula is C18H18O4S. The third kappa shape index (κ3) is 2.77. The Hall–Kier alpha value is -2.14.